The average Bonchev–Trinajstić information content (AvgIpc) is 2.30. The van der Waals surface area contributed by atoms with Crippen LogP contribution < -0.4 is 4.90 Å². The maximum Gasteiger partial charge on any atom is 0.128 e. The van der Waals surface area contributed by atoms with Crippen molar-refractivity contribution in [2.24, 2.45) is 0 Å². The molecule has 14 heavy (non-hydrogen) atoms. The van der Waals surface area contributed by atoms with Crippen molar-refractivity contribution < 1.29 is 5.11 Å². The molecular formula is C10H15N3O. The van der Waals surface area contributed by atoms with Gasteiger partial charge >= 0.3 is 0 Å². The van der Waals surface area contributed by atoms with Gasteiger partial charge in [0.2, 0.25) is 0 Å². The van der Waals surface area contributed by atoms with Gasteiger partial charge in [-0.2, -0.15) is 0 Å². The molecule has 2 heterocycles. The SMILES string of the molecule is OCN1CCN(c2ccccn2)CC1. The molecule has 1 N–H and O–H groups in total. The van der Waals surface area contributed by atoms with E-state index in [1.807, 2.05) is 29.3 Å². The van der Waals surface area contributed by atoms with Gasteiger partial charge in [0.1, 0.15) is 5.82 Å². The molecule has 2 rings (SSSR count). The Bertz CT molecular complexity index is 270. The van der Waals surface area contributed by atoms with Crippen LogP contribution in [-0.2, 0) is 0 Å². The number of aliphatic hydroxyl groups excluding tert-OH is 1. The molecule has 0 atom stereocenters. The number of aromatic nitrogens is 1. The second kappa shape index (κ2) is 4.39. The lowest BCUT2D eigenvalue weighted by atomic mass is 10.3. The molecule has 0 amide bonds. The summed E-state index contributed by atoms with van der Waals surface area (Å²) in [5.74, 6) is 1.03. The number of aliphatic hydroxyl groups is 1. The highest BCUT2D eigenvalue weighted by Gasteiger charge is 2.16. The number of piperazine rings is 1. The largest absolute Gasteiger partial charge is 0.381 e. The van der Waals surface area contributed by atoms with Crippen LogP contribution in [0.2, 0.25) is 0 Å². The first kappa shape index (κ1) is 9.43. The maximum absolute atomic E-state index is 8.94. The zero-order chi connectivity index (χ0) is 9.80. The summed E-state index contributed by atoms with van der Waals surface area (Å²) in [4.78, 5) is 8.57. The van der Waals surface area contributed by atoms with Crippen molar-refractivity contribution in [3.8, 4) is 0 Å². The van der Waals surface area contributed by atoms with Crippen LogP contribution in [0, 0.1) is 0 Å². The Morgan fingerprint density at radius 2 is 2.00 bits per heavy atom. The third kappa shape index (κ3) is 2.02. The van der Waals surface area contributed by atoms with Gasteiger partial charge < -0.3 is 10.0 Å². The molecule has 0 radical (unpaired) electrons. The fourth-order valence-corrected chi connectivity index (χ4v) is 1.66. The summed E-state index contributed by atoms with van der Waals surface area (Å²) in [5, 5.41) is 8.94. The predicted octanol–water partition coefficient (Wildman–Crippen LogP) is 0.153. The van der Waals surface area contributed by atoms with Crippen LogP contribution in [0.25, 0.3) is 0 Å². The second-order valence-corrected chi connectivity index (χ2v) is 3.43. The van der Waals surface area contributed by atoms with Gasteiger partial charge in [0.05, 0.1) is 6.73 Å². The Hall–Kier alpha value is -1.13. The number of anilines is 1. The Morgan fingerprint density at radius 3 is 2.57 bits per heavy atom. The lowest BCUT2D eigenvalue weighted by molar-refractivity contribution is 0.102. The molecule has 1 aliphatic rings. The third-order valence-electron chi connectivity index (χ3n) is 2.55. The molecule has 0 spiro atoms. The molecule has 1 aromatic heterocycles. The molecule has 1 fully saturated rings. The predicted molar refractivity (Wildman–Crippen MR) is 55.1 cm³/mol. The molecule has 0 unspecified atom stereocenters. The van der Waals surface area contributed by atoms with E-state index in [4.69, 9.17) is 5.11 Å². The monoisotopic (exact) mass is 193 g/mol. The van der Waals surface area contributed by atoms with Crippen molar-refractivity contribution in [1.82, 2.24) is 9.88 Å². The summed E-state index contributed by atoms with van der Waals surface area (Å²) in [6.07, 6.45) is 1.81. The molecule has 0 aliphatic carbocycles. The zero-order valence-corrected chi connectivity index (χ0v) is 8.13. The van der Waals surface area contributed by atoms with Gasteiger partial charge in [0.25, 0.3) is 0 Å². The Kier molecular flexibility index (Phi) is 2.96. The molecular weight excluding hydrogens is 178 g/mol. The molecule has 0 saturated carbocycles. The van der Waals surface area contributed by atoms with E-state index in [2.05, 4.69) is 9.88 Å². The standard InChI is InChI=1S/C10H15N3O/c14-9-12-5-7-13(8-6-12)10-3-1-2-4-11-10/h1-4,14H,5-9H2. The van der Waals surface area contributed by atoms with Crippen molar-refractivity contribution in [2.75, 3.05) is 37.8 Å². The number of hydrogen-bond acceptors (Lipinski definition) is 4. The molecule has 76 valence electrons. The summed E-state index contributed by atoms with van der Waals surface area (Å²) < 4.78 is 0. The molecule has 4 heteroatoms. The van der Waals surface area contributed by atoms with Crippen molar-refractivity contribution in [2.45, 2.75) is 0 Å². The molecule has 1 aromatic rings. The maximum atomic E-state index is 8.94. The summed E-state index contributed by atoms with van der Waals surface area (Å²) in [6, 6.07) is 5.95. The van der Waals surface area contributed by atoms with Crippen molar-refractivity contribution in [3.05, 3.63) is 24.4 Å². The molecule has 1 aliphatic heterocycles. The van der Waals surface area contributed by atoms with Gasteiger partial charge in [-0.15, -0.1) is 0 Å². The van der Waals surface area contributed by atoms with Gasteiger partial charge in [0, 0.05) is 32.4 Å². The van der Waals surface area contributed by atoms with Gasteiger partial charge in [-0.25, -0.2) is 4.98 Å². The molecule has 0 bridgehead atoms. The smallest absolute Gasteiger partial charge is 0.128 e. The number of hydrogen-bond donors (Lipinski definition) is 1. The van der Waals surface area contributed by atoms with Crippen LogP contribution in [0.3, 0.4) is 0 Å². The van der Waals surface area contributed by atoms with E-state index < -0.39 is 0 Å². The van der Waals surface area contributed by atoms with E-state index in [9.17, 15) is 0 Å². The van der Waals surface area contributed by atoms with E-state index in [-0.39, 0.29) is 6.73 Å². The second-order valence-electron chi connectivity index (χ2n) is 3.43. The van der Waals surface area contributed by atoms with Crippen LogP contribution in [0.4, 0.5) is 5.82 Å². The van der Waals surface area contributed by atoms with E-state index in [1.165, 1.54) is 0 Å². The van der Waals surface area contributed by atoms with Gasteiger partial charge in [0.15, 0.2) is 0 Å². The number of rotatable bonds is 2. The van der Waals surface area contributed by atoms with Crippen LogP contribution in [0.15, 0.2) is 24.4 Å². The fraction of sp³-hybridized carbons (Fsp3) is 0.500. The topological polar surface area (TPSA) is 39.6 Å². The fourth-order valence-electron chi connectivity index (χ4n) is 1.66. The summed E-state index contributed by atoms with van der Waals surface area (Å²) in [7, 11) is 0. The summed E-state index contributed by atoms with van der Waals surface area (Å²) in [6.45, 7) is 3.87. The van der Waals surface area contributed by atoms with Gasteiger partial charge in [-0.3, -0.25) is 4.90 Å². The van der Waals surface area contributed by atoms with Gasteiger partial charge in [-0.1, -0.05) is 6.07 Å². The minimum absolute atomic E-state index is 0.163. The highest BCUT2D eigenvalue weighted by Crippen LogP contribution is 2.11. The zero-order valence-electron chi connectivity index (χ0n) is 8.13. The lowest BCUT2D eigenvalue weighted by Crippen LogP contribution is -2.46. The third-order valence-corrected chi connectivity index (χ3v) is 2.55. The first-order valence-electron chi connectivity index (χ1n) is 4.89. The number of pyridine rings is 1. The van der Waals surface area contributed by atoms with Crippen LogP contribution in [0.5, 0.6) is 0 Å². The van der Waals surface area contributed by atoms with Crippen LogP contribution in [-0.4, -0.2) is 47.9 Å². The minimum Gasteiger partial charge on any atom is -0.381 e. The Balaban J connectivity index is 1.96. The first-order chi connectivity index (χ1) is 6.90. The number of nitrogens with zero attached hydrogens (tertiary/aromatic N) is 3. The highest BCUT2D eigenvalue weighted by molar-refractivity contribution is 5.38. The molecule has 4 nitrogen and oxygen atoms in total. The van der Waals surface area contributed by atoms with E-state index in [1.54, 1.807) is 0 Å². The summed E-state index contributed by atoms with van der Waals surface area (Å²) in [5.41, 5.74) is 0. The van der Waals surface area contributed by atoms with Crippen molar-refractivity contribution in [1.29, 1.82) is 0 Å². The minimum atomic E-state index is 0.163. The van der Waals surface area contributed by atoms with Crippen molar-refractivity contribution in [3.63, 3.8) is 0 Å². The van der Waals surface area contributed by atoms with E-state index >= 15 is 0 Å². The first-order valence-corrected chi connectivity index (χ1v) is 4.89. The van der Waals surface area contributed by atoms with Crippen molar-refractivity contribution >= 4 is 5.82 Å². The van der Waals surface area contributed by atoms with Crippen LogP contribution >= 0.6 is 0 Å². The van der Waals surface area contributed by atoms with Crippen LogP contribution in [0.1, 0.15) is 0 Å². The van der Waals surface area contributed by atoms with Gasteiger partial charge in [-0.05, 0) is 12.1 Å². The molecule has 0 aromatic carbocycles. The average molecular weight is 193 g/mol. The normalized spacial score (nSPS) is 18.5. The Labute approximate surface area is 83.8 Å². The quantitative estimate of drug-likeness (QED) is 0.726. The molecule has 1 saturated heterocycles. The summed E-state index contributed by atoms with van der Waals surface area (Å²) >= 11 is 0. The lowest BCUT2D eigenvalue weighted by Gasteiger charge is -2.34. The van der Waals surface area contributed by atoms with E-state index in [0.717, 1.165) is 32.0 Å². The highest BCUT2D eigenvalue weighted by atomic mass is 16.3. The Morgan fingerprint density at radius 1 is 1.21 bits per heavy atom. The van der Waals surface area contributed by atoms with E-state index in [0.29, 0.717) is 0 Å².